The molecular formula is C12H9BrN2O3S. The summed E-state index contributed by atoms with van der Waals surface area (Å²) in [6.07, 6.45) is 0.590. The number of rotatable bonds is 5. The first kappa shape index (κ1) is 13.7. The molecule has 0 unspecified atom stereocenters. The maximum Gasteiger partial charge on any atom is 0.293 e. The van der Waals surface area contributed by atoms with Gasteiger partial charge >= 0.3 is 0 Å². The molecule has 0 atom stereocenters. The second kappa shape index (κ2) is 5.94. The van der Waals surface area contributed by atoms with Crippen molar-refractivity contribution in [2.24, 2.45) is 0 Å². The first-order chi connectivity index (χ1) is 9.11. The lowest BCUT2D eigenvalue weighted by molar-refractivity contribution is -0.384. The number of hydrogen-bond donors (Lipinski definition) is 1. The van der Waals surface area contributed by atoms with E-state index in [1.807, 2.05) is 11.4 Å². The van der Waals surface area contributed by atoms with E-state index in [-0.39, 0.29) is 11.3 Å². The van der Waals surface area contributed by atoms with Gasteiger partial charge in [-0.05, 0) is 39.5 Å². The molecule has 0 spiro atoms. The molecule has 0 bridgehead atoms. The molecule has 98 valence electrons. The number of anilines is 1. The van der Waals surface area contributed by atoms with Crippen molar-refractivity contribution in [2.75, 3.05) is 5.32 Å². The average Bonchev–Trinajstić information content (AvgIpc) is 2.81. The van der Waals surface area contributed by atoms with Crippen LogP contribution in [0.2, 0.25) is 0 Å². The minimum absolute atomic E-state index is 0.0997. The Hall–Kier alpha value is -1.73. The normalized spacial score (nSPS) is 10.2. The summed E-state index contributed by atoms with van der Waals surface area (Å²) in [5.74, 6) is 0. The third-order valence-electron chi connectivity index (χ3n) is 2.49. The summed E-state index contributed by atoms with van der Waals surface area (Å²) < 4.78 is 0.970. The number of nitro benzene ring substituents is 1. The molecule has 7 heteroatoms. The van der Waals surface area contributed by atoms with Crippen LogP contribution in [0.15, 0.2) is 34.1 Å². The van der Waals surface area contributed by atoms with E-state index in [0.29, 0.717) is 18.5 Å². The molecule has 0 amide bonds. The van der Waals surface area contributed by atoms with Crippen molar-refractivity contribution in [1.29, 1.82) is 0 Å². The lowest BCUT2D eigenvalue weighted by Crippen LogP contribution is -2.02. The molecule has 0 aliphatic carbocycles. The standard InChI is InChI=1S/C12H9BrN2O3S/c13-9-3-4-19-12(9)6-14-10-2-1-8(7-16)5-11(10)15(17)18/h1-5,7,14H,6H2. The van der Waals surface area contributed by atoms with E-state index in [1.165, 1.54) is 6.07 Å². The van der Waals surface area contributed by atoms with E-state index in [1.54, 1.807) is 23.5 Å². The summed E-state index contributed by atoms with van der Waals surface area (Å²) in [4.78, 5) is 22.1. The van der Waals surface area contributed by atoms with Crippen molar-refractivity contribution in [2.45, 2.75) is 6.54 Å². The summed E-state index contributed by atoms with van der Waals surface area (Å²) in [7, 11) is 0. The number of nitrogens with zero attached hydrogens (tertiary/aromatic N) is 1. The molecule has 2 aromatic rings. The number of halogens is 1. The molecular weight excluding hydrogens is 332 g/mol. The van der Waals surface area contributed by atoms with Crippen LogP contribution in [0.4, 0.5) is 11.4 Å². The molecule has 1 aromatic heterocycles. The van der Waals surface area contributed by atoms with E-state index in [4.69, 9.17) is 0 Å². The van der Waals surface area contributed by atoms with Crippen LogP contribution in [-0.2, 0) is 6.54 Å². The maximum absolute atomic E-state index is 11.0. The molecule has 0 aliphatic rings. The lowest BCUT2D eigenvalue weighted by atomic mass is 10.2. The smallest absolute Gasteiger partial charge is 0.293 e. The van der Waals surface area contributed by atoms with Crippen LogP contribution in [-0.4, -0.2) is 11.2 Å². The van der Waals surface area contributed by atoms with Crippen LogP contribution in [0.25, 0.3) is 0 Å². The van der Waals surface area contributed by atoms with Crippen LogP contribution >= 0.6 is 27.3 Å². The van der Waals surface area contributed by atoms with Crippen LogP contribution < -0.4 is 5.32 Å². The van der Waals surface area contributed by atoms with E-state index in [9.17, 15) is 14.9 Å². The van der Waals surface area contributed by atoms with Gasteiger partial charge in [-0.2, -0.15) is 0 Å². The van der Waals surface area contributed by atoms with Crippen molar-refractivity contribution in [1.82, 2.24) is 0 Å². The predicted molar refractivity (Wildman–Crippen MR) is 77.8 cm³/mol. The summed E-state index contributed by atoms with van der Waals surface area (Å²) >= 11 is 4.96. The molecule has 0 saturated carbocycles. The second-order valence-corrected chi connectivity index (χ2v) is 5.55. The Bertz CT molecular complexity index is 627. The van der Waals surface area contributed by atoms with Crippen molar-refractivity contribution in [3.05, 3.63) is 54.7 Å². The quantitative estimate of drug-likeness (QED) is 0.509. The Balaban J connectivity index is 2.22. The van der Waals surface area contributed by atoms with Crippen molar-refractivity contribution in [3.63, 3.8) is 0 Å². The fourth-order valence-corrected chi connectivity index (χ4v) is 2.98. The molecule has 1 N–H and O–H groups in total. The molecule has 19 heavy (non-hydrogen) atoms. The zero-order valence-corrected chi connectivity index (χ0v) is 12.0. The van der Waals surface area contributed by atoms with Gasteiger partial charge in [-0.15, -0.1) is 11.3 Å². The number of benzene rings is 1. The van der Waals surface area contributed by atoms with Gasteiger partial charge in [0.25, 0.3) is 5.69 Å². The minimum atomic E-state index is -0.501. The Labute approximate surface area is 121 Å². The molecule has 0 fully saturated rings. The van der Waals surface area contributed by atoms with E-state index in [0.717, 1.165) is 9.35 Å². The van der Waals surface area contributed by atoms with Crippen molar-refractivity contribution in [3.8, 4) is 0 Å². The van der Waals surface area contributed by atoms with E-state index in [2.05, 4.69) is 21.2 Å². The largest absolute Gasteiger partial charge is 0.375 e. The number of nitrogens with one attached hydrogen (secondary N) is 1. The van der Waals surface area contributed by atoms with Gasteiger partial charge in [0.05, 0.1) is 11.5 Å². The maximum atomic E-state index is 11.0. The van der Waals surface area contributed by atoms with Gasteiger partial charge in [0.1, 0.15) is 12.0 Å². The van der Waals surface area contributed by atoms with E-state index < -0.39 is 4.92 Å². The summed E-state index contributed by atoms with van der Waals surface area (Å²) in [6, 6.07) is 6.28. The van der Waals surface area contributed by atoms with Crippen LogP contribution in [0.5, 0.6) is 0 Å². The minimum Gasteiger partial charge on any atom is -0.375 e. The predicted octanol–water partition coefficient (Wildman–Crippen LogP) is 3.84. The molecule has 1 heterocycles. The highest BCUT2D eigenvalue weighted by Crippen LogP contribution is 2.28. The fraction of sp³-hybridized carbons (Fsp3) is 0.0833. The monoisotopic (exact) mass is 340 g/mol. The van der Waals surface area contributed by atoms with Gasteiger partial charge in [0.2, 0.25) is 0 Å². The van der Waals surface area contributed by atoms with Crippen LogP contribution in [0, 0.1) is 10.1 Å². The first-order valence-corrected chi connectivity index (χ1v) is 6.98. The van der Waals surface area contributed by atoms with Gasteiger partial charge in [-0.1, -0.05) is 0 Å². The zero-order valence-electron chi connectivity index (χ0n) is 9.63. The molecule has 5 nitrogen and oxygen atoms in total. The highest BCUT2D eigenvalue weighted by molar-refractivity contribution is 9.10. The van der Waals surface area contributed by atoms with Crippen molar-refractivity contribution < 1.29 is 9.72 Å². The third kappa shape index (κ3) is 3.18. The lowest BCUT2D eigenvalue weighted by Gasteiger charge is -2.06. The SMILES string of the molecule is O=Cc1ccc(NCc2sccc2Br)c([N+](=O)[O-])c1. The number of thiophene rings is 1. The van der Waals surface area contributed by atoms with Crippen LogP contribution in [0.1, 0.15) is 15.2 Å². The van der Waals surface area contributed by atoms with Gasteiger partial charge in [0, 0.05) is 21.0 Å². The Morgan fingerprint density at radius 2 is 2.21 bits per heavy atom. The summed E-state index contributed by atoms with van der Waals surface area (Å²) in [5.41, 5.74) is 0.586. The first-order valence-electron chi connectivity index (χ1n) is 5.31. The number of aldehydes is 1. The van der Waals surface area contributed by atoms with Gasteiger partial charge in [0.15, 0.2) is 0 Å². The molecule has 0 radical (unpaired) electrons. The number of carbonyl (C=O) groups excluding carboxylic acids is 1. The Morgan fingerprint density at radius 1 is 1.42 bits per heavy atom. The zero-order chi connectivity index (χ0) is 13.8. The van der Waals surface area contributed by atoms with Crippen LogP contribution in [0.3, 0.4) is 0 Å². The topological polar surface area (TPSA) is 72.2 Å². The second-order valence-electron chi connectivity index (χ2n) is 3.70. The Morgan fingerprint density at radius 3 is 2.79 bits per heavy atom. The average molecular weight is 341 g/mol. The molecule has 2 rings (SSSR count). The Kier molecular flexibility index (Phi) is 4.28. The third-order valence-corrected chi connectivity index (χ3v) is 4.41. The van der Waals surface area contributed by atoms with Gasteiger partial charge < -0.3 is 5.32 Å². The number of carbonyl (C=O) groups is 1. The van der Waals surface area contributed by atoms with Gasteiger partial charge in [-0.25, -0.2) is 0 Å². The molecule has 0 saturated heterocycles. The molecule has 1 aromatic carbocycles. The highest BCUT2D eigenvalue weighted by atomic mass is 79.9. The summed E-state index contributed by atoms with van der Waals surface area (Å²) in [5, 5.41) is 15.9. The van der Waals surface area contributed by atoms with Gasteiger partial charge in [-0.3, -0.25) is 14.9 Å². The highest BCUT2D eigenvalue weighted by Gasteiger charge is 2.14. The fourth-order valence-electron chi connectivity index (χ4n) is 1.55. The van der Waals surface area contributed by atoms with E-state index >= 15 is 0 Å². The number of nitro groups is 1. The number of hydrogen-bond acceptors (Lipinski definition) is 5. The summed E-state index contributed by atoms with van der Waals surface area (Å²) in [6.45, 7) is 0.486. The molecule has 0 aliphatic heterocycles. The van der Waals surface area contributed by atoms with Crippen molar-refractivity contribution >= 4 is 44.9 Å².